The van der Waals surface area contributed by atoms with Gasteiger partial charge in [-0.1, -0.05) is 12.1 Å². The lowest BCUT2D eigenvalue weighted by Gasteiger charge is -2.04. The summed E-state index contributed by atoms with van der Waals surface area (Å²) < 4.78 is 18.7. The molecule has 0 fully saturated rings. The number of benzene rings is 1. The smallest absolute Gasteiger partial charge is 0.339 e. The lowest BCUT2D eigenvalue weighted by molar-refractivity contribution is -0.120. The van der Waals surface area contributed by atoms with Crippen LogP contribution in [0.25, 0.3) is 0 Å². The lowest BCUT2D eigenvalue weighted by atomic mass is 10.2. The Morgan fingerprint density at radius 3 is 2.74 bits per heavy atom. The van der Waals surface area contributed by atoms with Gasteiger partial charge in [0.15, 0.2) is 0 Å². The molecule has 5 nitrogen and oxygen atoms in total. The molecular formula is C16H16FNO4S. The molecule has 0 bridgehead atoms. The zero-order valence-electron chi connectivity index (χ0n) is 12.5. The number of furan rings is 1. The van der Waals surface area contributed by atoms with E-state index in [1.54, 1.807) is 25.1 Å². The molecule has 1 heterocycles. The molecule has 0 aliphatic carbocycles. The Morgan fingerprint density at radius 2 is 2.09 bits per heavy atom. The molecule has 0 saturated heterocycles. The molecule has 23 heavy (non-hydrogen) atoms. The van der Waals surface area contributed by atoms with E-state index in [0.717, 1.165) is 0 Å². The van der Waals surface area contributed by atoms with E-state index in [0.29, 0.717) is 22.2 Å². The van der Waals surface area contributed by atoms with Crippen LogP contribution >= 0.6 is 11.8 Å². The third-order valence-corrected chi connectivity index (χ3v) is 4.13. The highest BCUT2D eigenvalue weighted by Gasteiger charge is 2.14. The van der Waals surface area contributed by atoms with Crippen molar-refractivity contribution >= 4 is 23.6 Å². The van der Waals surface area contributed by atoms with Gasteiger partial charge in [0.05, 0.1) is 6.54 Å². The SMILES string of the molecule is Cc1oc(CNC(=O)CCSc2ccccc2F)cc1C(=O)O. The molecule has 1 aromatic carbocycles. The second-order valence-corrected chi connectivity index (χ2v) is 5.93. The number of carboxylic acids is 1. The molecule has 0 spiro atoms. The molecule has 2 N–H and O–H groups in total. The number of rotatable bonds is 7. The molecule has 0 unspecified atom stereocenters. The molecule has 0 saturated carbocycles. The van der Waals surface area contributed by atoms with Gasteiger partial charge in [0, 0.05) is 17.1 Å². The first kappa shape index (κ1) is 17.1. The first-order valence-electron chi connectivity index (χ1n) is 6.94. The van der Waals surface area contributed by atoms with Crippen molar-refractivity contribution in [3.05, 3.63) is 53.2 Å². The highest BCUT2D eigenvalue weighted by molar-refractivity contribution is 7.99. The lowest BCUT2D eigenvalue weighted by Crippen LogP contribution is -2.22. The van der Waals surface area contributed by atoms with E-state index in [1.807, 2.05) is 0 Å². The molecular weight excluding hydrogens is 321 g/mol. The molecule has 0 atom stereocenters. The summed E-state index contributed by atoms with van der Waals surface area (Å²) in [5.41, 5.74) is 0.0874. The first-order chi connectivity index (χ1) is 11.0. The largest absolute Gasteiger partial charge is 0.478 e. The zero-order valence-corrected chi connectivity index (χ0v) is 13.3. The van der Waals surface area contributed by atoms with Gasteiger partial charge in [0.1, 0.15) is 22.9 Å². The average Bonchev–Trinajstić information content (AvgIpc) is 2.88. The Labute approximate surface area is 136 Å². The van der Waals surface area contributed by atoms with E-state index in [4.69, 9.17) is 9.52 Å². The summed E-state index contributed by atoms with van der Waals surface area (Å²) in [6.07, 6.45) is 0.227. The highest BCUT2D eigenvalue weighted by Crippen LogP contribution is 2.21. The van der Waals surface area contributed by atoms with Crippen LogP contribution in [0.4, 0.5) is 4.39 Å². The first-order valence-corrected chi connectivity index (χ1v) is 7.92. The van der Waals surface area contributed by atoms with E-state index in [-0.39, 0.29) is 30.3 Å². The highest BCUT2D eigenvalue weighted by atomic mass is 32.2. The quantitative estimate of drug-likeness (QED) is 0.758. The van der Waals surface area contributed by atoms with Crippen molar-refractivity contribution in [1.29, 1.82) is 0 Å². The summed E-state index contributed by atoms with van der Waals surface area (Å²) in [5, 5.41) is 11.6. The van der Waals surface area contributed by atoms with E-state index in [9.17, 15) is 14.0 Å². The van der Waals surface area contributed by atoms with Crippen LogP contribution in [0.15, 0.2) is 39.6 Å². The molecule has 0 aliphatic rings. The van der Waals surface area contributed by atoms with Crippen LogP contribution in [-0.2, 0) is 11.3 Å². The van der Waals surface area contributed by atoms with E-state index in [1.165, 1.54) is 23.9 Å². The average molecular weight is 337 g/mol. The van der Waals surface area contributed by atoms with Gasteiger partial charge in [0.2, 0.25) is 5.91 Å². The van der Waals surface area contributed by atoms with Gasteiger partial charge in [-0.2, -0.15) is 0 Å². The molecule has 122 valence electrons. The zero-order chi connectivity index (χ0) is 16.8. The third-order valence-electron chi connectivity index (χ3n) is 3.08. The van der Waals surface area contributed by atoms with Gasteiger partial charge in [-0.05, 0) is 25.1 Å². The number of aryl methyl sites for hydroxylation is 1. The summed E-state index contributed by atoms with van der Waals surface area (Å²) >= 11 is 1.27. The van der Waals surface area contributed by atoms with Gasteiger partial charge in [-0.25, -0.2) is 9.18 Å². The number of carboxylic acid groups (broad SMARTS) is 1. The predicted octanol–water partition coefficient (Wildman–Crippen LogP) is 3.22. The maximum Gasteiger partial charge on any atom is 0.339 e. The molecule has 2 rings (SSSR count). The minimum Gasteiger partial charge on any atom is -0.478 e. The summed E-state index contributed by atoms with van der Waals surface area (Å²) in [6.45, 7) is 1.68. The fraction of sp³-hybridized carbons (Fsp3) is 0.250. The van der Waals surface area contributed by atoms with Crippen molar-refractivity contribution < 1.29 is 23.5 Å². The van der Waals surface area contributed by atoms with Crippen molar-refractivity contribution in [3.63, 3.8) is 0 Å². The maximum absolute atomic E-state index is 13.4. The second kappa shape index (κ2) is 7.82. The van der Waals surface area contributed by atoms with Crippen molar-refractivity contribution in [3.8, 4) is 0 Å². The van der Waals surface area contributed by atoms with E-state index in [2.05, 4.69) is 5.32 Å². The number of thioether (sulfide) groups is 1. The number of hydrogen-bond donors (Lipinski definition) is 2. The van der Waals surface area contributed by atoms with Crippen molar-refractivity contribution in [2.24, 2.45) is 0 Å². The van der Waals surface area contributed by atoms with Gasteiger partial charge >= 0.3 is 5.97 Å². The Balaban J connectivity index is 1.76. The Hall–Kier alpha value is -2.28. The standard InChI is InChI=1S/C16H16FNO4S/c1-10-12(16(20)21)8-11(22-10)9-18-15(19)6-7-23-14-5-3-2-4-13(14)17/h2-5,8H,6-7,9H2,1H3,(H,18,19)(H,20,21). The summed E-state index contributed by atoms with van der Waals surface area (Å²) in [4.78, 5) is 23.1. The normalized spacial score (nSPS) is 10.5. The van der Waals surface area contributed by atoms with Crippen molar-refractivity contribution in [2.75, 3.05) is 5.75 Å². The summed E-state index contributed by atoms with van der Waals surface area (Å²) in [7, 11) is 0. The minimum absolute atomic E-state index is 0.0874. The monoisotopic (exact) mass is 337 g/mol. The third kappa shape index (κ3) is 4.85. The van der Waals surface area contributed by atoms with Crippen LogP contribution < -0.4 is 5.32 Å². The number of aromatic carboxylic acids is 1. The molecule has 1 aromatic heterocycles. The maximum atomic E-state index is 13.4. The molecule has 7 heteroatoms. The molecule has 1 amide bonds. The van der Waals surface area contributed by atoms with Crippen LogP contribution in [0, 0.1) is 12.7 Å². The topological polar surface area (TPSA) is 79.5 Å². The van der Waals surface area contributed by atoms with Crippen LogP contribution in [0.1, 0.15) is 28.3 Å². The Bertz CT molecular complexity index is 714. The number of hydrogen-bond acceptors (Lipinski definition) is 4. The fourth-order valence-corrected chi connectivity index (χ4v) is 2.82. The molecule has 0 radical (unpaired) electrons. The predicted molar refractivity (Wildman–Crippen MR) is 84.0 cm³/mol. The summed E-state index contributed by atoms with van der Waals surface area (Å²) in [6, 6.07) is 7.79. The molecule has 2 aromatic rings. The van der Waals surface area contributed by atoms with Crippen LogP contribution in [-0.4, -0.2) is 22.7 Å². The van der Waals surface area contributed by atoms with Gasteiger partial charge < -0.3 is 14.8 Å². The van der Waals surface area contributed by atoms with Crippen LogP contribution in [0.3, 0.4) is 0 Å². The Kier molecular flexibility index (Phi) is 5.81. The number of carbonyl (C=O) groups is 2. The van der Waals surface area contributed by atoms with E-state index < -0.39 is 5.97 Å². The van der Waals surface area contributed by atoms with Gasteiger partial charge in [0.25, 0.3) is 0 Å². The van der Waals surface area contributed by atoms with Crippen LogP contribution in [0.5, 0.6) is 0 Å². The number of halogens is 1. The van der Waals surface area contributed by atoms with Gasteiger partial charge in [-0.15, -0.1) is 11.8 Å². The van der Waals surface area contributed by atoms with E-state index >= 15 is 0 Å². The Morgan fingerprint density at radius 1 is 1.35 bits per heavy atom. The number of carbonyl (C=O) groups excluding carboxylic acids is 1. The van der Waals surface area contributed by atoms with Gasteiger partial charge in [-0.3, -0.25) is 4.79 Å². The number of amides is 1. The number of nitrogens with one attached hydrogen (secondary N) is 1. The fourth-order valence-electron chi connectivity index (χ4n) is 1.93. The van der Waals surface area contributed by atoms with Crippen molar-refractivity contribution in [1.82, 2.24) is 5.32 Å². The van der Waals surface area contributed by atoms with Crippen molar-refractivity contribution in [2.45, 2.75) is 24.8 Å². The second-order valence-electron chi connectivity index (χ2n) is 4.79. The summed E-state index contributed by atoms with van der Waals surface area (Å²) in [5.74, 6) is -0.438. The molecule has 0 aliphatic heterocycles. The minimum atomic E-state index is -1.06. The van der Waals surface area contributed by atoms with Crippen LogP contribution in [0.2, 0.25) is 0 Å².